The minimum Gasteiger partial charge on any atom is -0.334 e. The average Bonchev–Trinajstić information content (AvgIpc) is 3.05. The first-order valence-electron chi connectivity index (χ1n) is 6.67. The quantitative estimate of drug-likeness (QED) is 0.784. The van der Waals surface area contributed by atoms with Gasteiger partial charge < -0.3 is 4.52 Å². The number of para-hydroxylation sites is 1. The Hall–Kier alpha value is -2.63. The van der Waals surface area contributed by atoms with E-state index in [0.29, 0.717) is 11.4 Å². The van der Waals surface area contributed by atoms with Crippen LogP contribution in [0.5, 0.6) is 0 Å². The molecule has 0 aliphatic carbocycles. The van der Waals surface area contributed by atoms with E-state index in [1.807, 2.05) is 51.1 Å². The van der Waals surface area contributed by atoms with Crippen molar-refractivity contribution in [3.8, 4) is 17.1 Å². The standard InChI is InChI=1S/C15H16N4O2/c1-15(2,3)14-17-12(21-18-14)11-9-16-19(13(11)20)10-7-5-4-6-8-10/h4-9,16H,1-3H3. The molecule has 0 spiro atoms. The first-order valence-corrected chi connectivity index (χ1v) is 6.67. The molecule has 0 saturated heterocycles. The smallest absolute Gasteiger partial charge is 0.284 e. The van der Waals surface area contributed by atoms with Crippen LogP contribution in [0, 0.1) is 0 Å². The van der Waals surface area contributed by atoms with E-state index in [-0.39, 0.29) is 16.9 Å². The molecule has 21 heavy (non-hydrogen) atoms. The number of nitrogens with one attached hydrogen (secondary N) is 1. The summed E-state index contributed by atoms with van der Waals surface area (Å²) >= 11 is 0. The van der Waals surface area contributed by atoms with E-state index in [2.05, 4.69) is 15.2 Å². The van der Waals surface area contributed by atoms with E-state index in [0.717, 1.165) is 5.69 Å². The molecule has 0 fully saturated rings. The maximum absolute atomic E-state index is 12.4. The molecule has 0 saturated carbocycles. The van der Waals surface area contributed by atoms with Gasteiger partial charge in [0.15, 0.2) is 5.82 Å². The third-order valence-electron chi connectivity index (χ3n) is 3.11. The molecule has 2 heterocycles. The summed E-state index contributed by atoms with van der Waals surface area (Å²) in [5.74, 6) is 0.806. The van der Waals surface area contributed by atoms with Gasteiger partial charge in [-0.3, -0.25) is 9.89 Å². The van der Waals surface area contributed by atoms with E-state index >= 15 is 0 Å². The van der Waals surface area contributed by atoms with Gasteiger partial charge in [0.05, 0.1) is 5.69 Å². The van der Waals surface area contributed by atoms with Crippen molar-refractivity contribution in [3.05, 3.63) is 52.7 Å². The fourth-order valence-electron chi connectivity index (χ4n) is 1.93. The van der Waals surface area contributed by atoms with Crippen molar-refractivity contribution in [2.45, 2.75) is 26.2 Å². The number of aromatic nitrogens is 4. The van der Waals surface area contributed by atoms with Crippen LogP contribution >= 0.6 is 0 Å². The molecule has 0 aliphatic rings. The first kappa shape index (κ1) is 13.4. The molecule has 1 N–H and O–H groups in total. The highest BCUT2D eigenvalue weighted by atomic mass is 16.5. The number of hydrogen-bond acceptors (Lipinski definition) is 4. The Labute approximate surface area is 121 Å². The third kappa shape index (κ3) is 2.40. The normalized spacial score (nSPS) is 11.8. The van der Waals surface area contributed by atoms with Gasteiger partial charge >= 0.3 is 0 Å². The zero-order valence-corrected chi connectivity index (χ0v) is 12.1. The van der Waals surface area contributed by atoms with Crippen LogP contribution < -0.4 is 5.56 Å². The Morgan fingerprint density at radius 3 is 2.52 bits per heavy atom. The number of nitrogens with zero attached hydrogens (tertiary/aromatic N) is 3. The fraction of sp³-hybridized carbons (Fsp3) is 0.267. The summed E-state index contributed by atoms with van der Waals surface area (Å²) in [6.07, 6.45) is 1.58. The second-order valence-corrected chi connectivity index (χ2v) is 5.84. The lowest BCUT2D eigenvalue weighted by atomic mass is 9.96. The van der Waals surface area contributed by atoms with E-state index in [1.165, 1.54) is 4.68 Å². The highest BCUT2D eigenvalue weighted by molar-refractivity contribution is 5.51. The van der Waals surface area contributed by atoms with Crippen LogP contribution in [0.1, 0.15) is 26.6 Å². The zero-order chi connectivity index (χ0) is 15.0. The molecule has 3 aromatic rings. The number of aromatic amines is 1. The van der Waals surface area contributed by atoms with Crippen LogP contribution in [0.15, 0.2) is 45.8 Å². The average molecular weight is 284 g/mol. The van der Waals surface area contributed by atoms with Crippen LogP contribution in [-0.2, 0) is 5.41 Å². The summed E-state index contributed by atoms with van der Waals surface area (Å²) in [7, 11) is 0. The molecule has 0 amide bonds. The van der Waals surface area contributed by atoms with Gasteiger partial charge in [0.25, 0.3) is 11.4 Å². The molecule has 3 rings (SSSR count). The third-order valence-corrected chi connectivity index (χ3v) is 3.11. The maximum Gasteiger partial charge on any atom is 0.284 e. The Balaban J connectivity index is 2.04. The van der Waals surface area contributed by atoms with Gasteiger partial charge in [-0.15, -0.1) is 0 Å². The van der Waals surface area contributed by atoms with Gasteiger partial charge in [-0.2, -0.15) is 4.98 Å². The molecule has 6 nitrogen and oxygen atoms in total. The summed E-state index contributed by atoms with van der Waals surface area (Å²) in [5, 5.41) is 6.85. The van der Waals surface area contributed by atoms with Gasteiger partial charge in [0, 0.05) is 11.6 Å². The van der Waals surface area contributed by atoms with Crippen LogP contribution in [-0.4, -0.2) is 19.9 Å². The molecule has 108 valence electrons. The summed E-state index contributed by atoms with van der Waals surface area (Å²) in [6, 6.07) is 9.32. The lowest BCUT2D eigenvalue weighted by Gasteiger charge is -2.10. The second-order valence-electron chi connectivity index (χ2n) is 5.84. The summed E-state index contributed by atoms with van der Waals surface area (Å²) in [5.41, 5.74) is 0.674. The molecule has 1 aromatic carbocycles. The molecular weight excluding hydrogens is 268 g/mol. The van der Waals surface area contributed by atoms with E-state index in [1.54, 1.807) is 6.20 Å². The molecule has 6 heteroatoms. The second kappa shape index (κ2) is 4.73. The van der Waals surface area contributed by atoms with Crippen LogP contribution in [0.25, 0.3) is 17.1 Å². The van der Waals surface area contributed by atoms with Crippen molar-refractivity contribution in [2.24, 2.45) is 0 Å². The summed E-state index contributed by atoms with van der Waals surface area (Å²) < 4.78 is 6.65. The Kier molecular flexibility index (Phi) is 3.01. The number of rotatable bonds is 2. The minimum atomic E-state index is -0.226. The number of benzene rings is 1. The molecule has 0 aliphatic heterocycles. The maximum atomic E-state index is 12.4. The van der Waals surface area contributed by atoms with Crippen LogP contribution in [0.3, 0.4) is 0 Å². The minimum absolute atomic E-state index is 0.217. The molecule has 0 unspecified atom stereocenters. The van der Waals surface area contributed by atoms with Crippen molar-refractivity contribution in [3.63, 3.8) is 0 Å². The Bertz CT molecular complexity index is 806. The van der Waals surface area contributed by atoms with Crippen molar-refractivity contribution in [1.82, 2.24) is 19.9 Å². The van der Waals surface area contributed by atoms with Crippen molar-refractivity contribution in [1.29, 1.82) is 0 Å². The van der Waals surface area contributed by atoms with Crippen LogP contribution in [0.4, 0.5) is 0 Å². The monoisotopic (exact) mass is 284 g/mol. The zero-order valence-electron chi connectivity index (χ0n) is 12.1. The fourth-order valence-corrected chi connectivity index (χ4v) is 1.93. The number of hydrogen-bond donors (Lipinski definition) is 1. The molecule has 2 aromatic heterocycles. The first-order chi connectivity index (χ1) is 9.97. The van der Waals surface area contributed by atoms with Gasteiger partial charge in [0.1, 0.15) is 5.56 Å². The van der Waals surface area contributed by atoms with Gasteiger partial charge in [-0.05, 0) is 12.1 Å². The predicted octanol–water partition coefficient (Wildman–Crippen LogP) is 2.51. The molecular formula is C15H16N4O2. The van der Waals surface area contributed by atoms with Gasteiger partial charge in [-0.1, -0.05) is 44.1 Å². The van der Waals surface area contributed by atoms with E-state index < -0.39 is 0 Å². The lowest BCUT2D eigenvalue weighted by molar-refractivity contribution is 0.402. The SMILES string of the molecule is CC(C)(C)c1noc(-c2c[nH]n(-c3ccccc3)c2=O)n1. The molecule has 0 radical (unpaired) electrons. The van der Waals surface area contributed by atoms with Gasteiger partial charge in [0.2, 0.25) is 0 Å². The summed E-state index contributed by atoms with van der Waals surface area (Å²) in [6.45, 7) is 5.96. The number of H-pyrrole nitrogens is 1. The highest BCUT2D eigenvalue weighted by Gasteiger charge is 2.23. The summed E-state index contributed by atoms with van der Waals surface area (Å²) in [4.78, 5) is 16.7. The van der Waals surface area contributed by atoms with Crippen molar-refractivity contribution >= 4 is 0 Å². The Morgan fingerprint density at radius 2 is 1.90 bits per heavy atom. The van der Waals surface area contributed by atoms with Gasteiger partial charge in [-0.25, -0.2) is 4.68 Å². The van der Waals surface area contributed by atoms with E-state index in [4.69, 9.17) is 4.52 Å². The molecule has 0 atom stereocenters. The van der Waals surface area contributed by atoms with Crippen molar-refractivity contribution < 1.29 is 4.52 Å². The topological polar surface area (TPSA) is 76.7 Å². The van der Waals surface area contributed by atoms with E-state index in [9.17, 15) is 4.79 Å². The largest absolute Gasteiger partial charge is 0.334 e. The Morgan fingerprint density at radius 1 is 1.19 bits per heavy atom. The van der Waals surface area contributed by atoms with Crippen LogP contribution in [0.2, 0.25) is 0 Å². The molecule has 0 bridgehead atoms. The predicted molar refractivity (Wildman–Crippen MR) is 78.4 cm³/mol. The highest BCUT2D eigenvalue weighted by Crippen LogP contribution is 2.22. The van der Waals surface area contributed by atoms with Crippen molar-refractivity contribution in [2.75, 3.05) is 0 Å². The lowest BCUT2D eigenvalue weighted by Crippen LogP contribution is -2.16.